The third kappa shape index (κ3) is 5.60. The number of benzene rings is 2. The Hall–Kier alpha value is -2.33. The number of hydrogen-bond donors (Lipinski definition) is 2. The van der Waals surface area contributed by atoms with Gasteiger partial charge in [0.15, 0.2) is 6.10 Å². The first-order valence-electron chi connectivity index (χ1n) is 9.03. The first kappa shape index (κ1) is 20.0. The summed E-state index contributed by atoms with van der Waals surface area (Å²) in [5.74, 6) is 0.989. The second-order valence-electron chi connectivity index (χ2n) is 7.46. The van der Waals surface area contributed by atoms with Crippen molar-refractivity contribution >= 4 is 5.91 Å². The second-order valence-corrected chi connectivity index (χ2v) is 7.46. The molecule has 4 heteroatoms. The fourth-order valence-electron chi connectivity index (χ4n) is 2.55. The zero-order valence-electron chi connectivity index (χ0n) is 16.2. The molecule has 2 rings (SSSR count). The van der Waals surface area contributed by atoms with Crippen molar-refractivity contribution in [3.8, 4) is 5.75 Å². The Morgan fingerprint density at radius 1 is 1.04 bits per heavy atom. The Bertz CT molecular complexity index is 713. The number of nitrogens with one attached hydrogen (secondary N) is 1. The van der Waals surface area contributed by atoms with Crippen molar-refractivity contribution in [3.63, 3.8) is 0 Å². The van der Waals surface area contributed by atoms with Crippen molar-refractivity contribution in [2.75, 3.05) is 0 Å². The Kier molecular flexibility index (Phi) is 6.43. The van der Waals surface area contributed by atoms with Crippen molar-refractivity contribution in [1.82, 2.24) is 5.32 Å². The van der Waals surface area contributed by atoms with Gasteiger partial charge in [-0.1, -0.05) is 50.2 Å². The van der Waals surface area contributed by atoms with E-state index in [0.29, 0.717) is 18.2 Å². The van der Waals surface area contributed by atoms with Crippen LogP contribution in [0.15, 0.2) is 48.5 Å². The minimum Gasteiger partial charge on any atom is -0.481 e. The topological polar surface area (TPSA) is 58.6 Å². The first-order chi connectivity index (χ1) is 12.2. The minimum absolute atomic E-state index is 0.162. The molecule has 0 saturated heterocycles. The van der Waals surface area contributed by atoms with E-state index in [-0.39, 0.29) is 5.91 Å². The molecule has 0 saturated carbocycles. The van der Waals surface area contributed by atoms with Crippen LogP contribution >= 0.6 is 0 Å². The number of rotatable bonds is 7. The third-order valence-corrected chi connectivity index (χ3v) is 4.36. The van der Waals surface area contributed by atoms with Crippen LogP contribution in [-0.4, -0.2) is 17.1 Å². The predicted octanol–water partition coefficient (Wildman–Crippen LogP) is 4.12. The van der Waals surface area contributed by atoms with Gasteiger partial charge in [-0.25, -0.2) is 0 Å². The van der Waals surface area contributed by atoms with Crippen molar-refractivity contribution in [3.05, 3.63) is 65.2 Å². The Morgan fingerprint density at radius 3 is 2.12 bits per heavy atom. The molecule has 0 radical (unpaired) electrons. The number of hydrogen-bond acceptors (Lipinski definition) is 3. The third-order valence-electron chi connectivity index (χ3n) is 4.36. The fourth-order valence-corrected chi connectivity index (χ4v) is 2.55. The Labute approximate surface area is 156 Å². The van der Waals surface area contributed by atoms with Gasteiger partial charge in [-0.2, -0.15) is 0 Å². The molecule has 1 atom stereocenters. The zero-order chi connectivity index (χ0) is 19.3. The molecule has 1 unspecified atom stereocenters. The van der Waals surface area contributed by atoms with E-state index in [0.717, 1.165) is 11.1 Å². The monoisotopic (exact) mass is 355 g/mol. The largest absolute Gasteiger partial charge is 0.481 e. The van der Waals surface area contributed by atoms with Gasteiger partial charge in [0, 0.05) is 6.54 Å². The van der Waals surface area contributed by atoms with Crippen LogP contribution < -0.4 is 10.1 Å². The van der Waals surface area contributed by atoms with E-state index in [9.17, 15) is 9.90 Å². The molecule has 140 valence electrons. The molecule has 2 aromatic rings. The first-order valence-corrected chi connectivity index (χ1v) is 9.03. The maximum absolute atomic E-state index is 12.2. The lowest BCUT2D eigenvalue weighted by molar-refractivity contribution is -0.127. The van der Waals surface area contributed by atoms with Gasteiger partial charge in [0.05, 0.1) is 5.60 Å². The Morgan fingerprint density at radius 2 is 1.62 bits per heavy atom. The van der Waals surface area contributed by atoms with Crippen molar-refractivity contribution in [1.29, 1.82) is 0 Å². The van der Waals surface area contributed by atoms with E-state index in [2.05, 4.69) is 19.2 Å². The summed E-state index contributed by atoms with van der Waals surface area (Å²) in [4.78, 5) is 12.2. The highest BCUT2D eigenvalue weighted by molar-refractivity contribution is 5.80. The predicted molar refractivity (Wildman–Crippen MR) is 104 cm³/mol. The van der Waals surface area contributed by atoms with E-state index in [1.54, 1.807) is 20.8 Å². The smallest absolute Gasteiger partial charge is 0.261 e. The number of carbonyl (C=O) groups is 1. The lowest BCUT2D eigenvalue weighted by Gasteiger charge is -2.18. The SMILES string of the molecule is CC(Oc1ccc(C(C)C)cc1)C(=O)NCc1ccc(C(C)(C)O)cc1. The molecule has 0 aliphatic carbocycles. The normalized spacial score (nSPS) is 12.7. The molecule has 2 aromatic carbocycles. The molecule has 0 spiro atoms. The van der Waals surface area contributed by atoms with Gasteiger partial charge in [0.1, 0.15) is 5.75 Å². The van der Waals surface area contributed by atoms with Crippen molar-refractivity contribution < 1.29 is 14.6 Å². The van der Waals surface area contributed by atoms with Crippen molar-refractivity contribution in [2.45, 2.75) is 58.8 Å². The summed E-state index contributed by atoms with van der Waals surface area (Å²) in [6.07, 6.45) is -0.574. The van der Waals surface area contributed by atoms with Gasteiger partial charge < -0.3 is 15.2 Å². The molecule has 0 aliphatic heterocycles. The summed E-state index contributed by atoms with van der Waals surface area (Å²) in [6.45, 7) is 9.93. The fraction of sp³-hybridized carbons (Fsp3) is 0.409. The summed E-state index contributed by atoms with van der Waals surface area (Å²) < 4.78 is 5.72. The lowest BCUT2D eigenvalue weighted by Crippen LogP contribution is -2.35. The van der Waals surface area contributed by atoms with Gasteiger partial charge >= 0.3 is 0 Å². The van der Waals surface area contributed by atoms with Gasteiger partial charge in [0.2, 0.25) is 0 Å². The van der Waals surface area contributed by atoms with Crippen LogP contribution in [0.5, 0.6) is 5.75 Å². The van der Waals surface area contributed by atoms with Crippen LogP contribution in [0.4, 0.5) is 0 Å². The van der Waals surface area contributed by atoms with Crippen LogP contribution in [-0.2, 0) is 16.9 Å². The highest BCUT2D eigenvalue weighted by Crippen LogP contribution is 2.20. The van der Waals surface area contributed by atoms with Crippen molar-refractivity contribution in [2.24, 2.45) is 0 Å². The molecule has 2 N–H and O–H groups in total. The molecule has 0 fully saturated rings. The summed E-state index contributed by atoms with van der Waals surface area (Å²) in [5, 5.41) is 12.9. The van der Waals surface area contributed by atoms with Gasteiger partial charge in [0.25, 0.3) is 5.91 Å². The molecule has 0 heterocycles. The highest BCUT2D eigenvalue weighted by atomic mass is 16.5. The number of aliphatic hydroxyl groups is 1. The average molecular weight is 355 g/mol. The lowest BCUT2D eigenvalue weighted by atomic mass is 9.97. The summed E-state index contributed by atoms with van der Waals surface area (Å²) in [6, 6.07) is 15.4. The quantitative estimate of drug-likeness (QED) is 0.785. The van der Waals surface area contributed by atoms with Crippen LogP contribution in [0.2, 0.25) is 0 Å². The second kappa shape index (κ2) is 8.37. The molecule has 26 heavy (non-hydrogen) atoms. The van der Waals surface area contributed by atoms with E-state index in [1.165, 1.54) is 5.56 Å². The highest BCUT2D eigenvalue weighted by Gasteiger charge is 2.16. The molecule has 0 aliphatic rings. The molecule has 0 aromatic heterocycles. The van der Waals surface area contributed by atoms with Crippen LogP contribution in [0, 0.1) is 0 Å². The van der Waals surface area contributed by atoms with Gasteiger partial charge in [-0.3, -0.25) is 4.79 Å². The molecular weight excluding hydrogens is 326 g/mol. The summed E-state index contributed by atoms with van der Waals surface area (Å²) in [5.41, 5.74) is 2.19. The molecule has 0 bridgehead atoms. The van der Waals surface area contributed by atoms with Gasteiger partial charge in [-0.15, -0.1) is 0 Å². The number of ether oxygens (including phenoxy) is 1. The van der Waals surface area contributed by atoms with Crippen LogP contribution in [0.1, 0.15) is 57.2 Å². The Balaban J connectivity index is 1.87. The van der Waals surface area contributed by atoms with Crippen LogP contribution in [0.3, 0.4) is 0 Å². The zero-order valence-corrected chi connectivity index (χ0v) is 16.2. The molecular formula is C22H29NO3. The van der Waals surface area contributed by atoms with E-state index < -0.39 is 11.7 Å². The molecule has 4 nitrogen and oxygen atoms in total. The van der Waals surface area contributed by atoms with E-state index in [1.807, 2.05) is 48.5 Å². The standard InChI is InChI=1S/C22H29NO3/c1-15(2)18-8-12-20(13-9-18)26-16(3)21(24)23-14-17-6-10-19(11-7-17)22(4,5)25/h6-13,15-16,25H,14H2,1-5H3,(H,23,24). The molecule has 1 amide bonds. The minimum atomic E-state index is -0.866. The van der Waals surface area contributed by atoms with E-state index in [4.69, 9.17) is 4.74 Å². The number of amides is 1. The van der Waals surface area contributed by atoms with Gasteiger partial charge in [-0.05, 0) is 55.5 Å². The maximum Gasteiger partial charge on any atom is 0.261 e. The summed E-state index contributed by atoms with van der Waals surface area (Å²) >= 11 is 0. The maximum atomic E-state index is 12.2. The number of carbonyl (C=O) groups excluding carboxylic acids is 1. The average Bonchev–Trinajstić information content (AvgIpc) is 2.59. The van der Waals surface area contributed by atoms with Crippen LogP contribution in [0.25, 0.3) is 0 Å². The van der Waals surface area contributed by atoms with E-state index >= 15 is 0 Å². The summed E-state index contributed by atoms with van der Waals surface area (Å²) in [7, 11) is 0.